The van der Waals surface area contributed by atoms with Crippen molar-refractivity contribution in [2.45, 2.75) is 13.0 Å². The summed E-state index contributed by atoms with van der Waals surface area (Å²) in [7, 11) is 1.62. The number of carbonyl (C=O) groups excluding carboxylic acids is 1. The van der Waals surface area contributed by atoms with Crippen LogP contribution in [0.5, 0.6) is 5.75 Å². The highest BCUT2D eigenvalue weighted by atomic mass is 32.1. The molecule has 27 heavy (non-hydrogen) atoms. The fourth-order valence-electron chi connectivity index (χ4n) is 2.95. The molecule has 0 saturated carbocycles. The molecule has 0 aliphatic heterocycles. The maximum atomic E-state index is 13.2. The highest BCUT2D eigenvalue weighted by Crippen LogP contribution is 2.25. The van der Waals surface area contributed by atoms with Crippen molar-refractivity contribution in [1.29, 1.82) is 0 Å². The molecule has 2 aromatic heterocycles. The molecule has 0 spiro atoms. The molecule has 0 unspecified atom stereocenters. The maximum absolute atomic E-state index is 13.2. The van der Waals surface area contributed by atoms with E-state index in [0.717, 1.165) is 21.7 Å². The van der Waals surface area contributed by atoms with Crippen molar-refractivity contribution in [2.24, 2.45) is 0 Å². The van der Waals surface area contributed by atoms with E-state index in [2.05, 4.69) is 5.16 Å². The molecule has 6 heteroatoms. The van der Waals surface area contributed by atoms with Crippen LogP contribution in [-0.2, 0) is 17.8 Å². The van der Waals surface area contributed by atoms with E-state index in [9.17, 15) is 4.79 Å². The number of para-hydroxylation sites is 1. The molecule has 0 fully saturated rings. The first kappa shape index (κ1) is 17.3. The lowest BCUT2D eigenvalue weighted by atomic mass is 10.1. The Bertz CT molecular complexity index is 1040. The van der Waals surface area contributed by atoms with Gasteiger partial charge >= 0.3 is 0 Å². The minimum absolute atomic E-state index is 0.0346. The molecule has 4 aromatic rings. The second-order valence-electron chi connectivity index (χ2n) is 6.06. The van der Waals surface area contributed by atoms with Crippen molar-refractivity contribution in [1.82, 2.24) is 5.16 Å². The molecule has 0 N–H and O–H groups in total. The molecular formula is C21H18N2O3S. The predicted octanol–water partition coefficient (Wildman–Crippen LogP) is 4.67. The van der Waals surface area contributed by atoms with Crippen LogP contribution in [0, 0.1) is 0 Å². The Hall–Kier alpha value is -3.12. The zero-order valence-electron chi connectivity index (χ0n) is 14.8. The molecule has 136 valence electrons. The van der Waals surface area contributed by atoms with E-state index >= 15 is 0 Å². The molecule has 5 nitrogen and oxygen atoms in total. The van der Waals surface area contributed by atoms with Gasteiger partial charge in [0.1, 0.15) is 11.4 Å². The van der Waals surface area contributed by atoms with Gasteiger partial charge in [0.25, 0.3) is 0 Å². The van der Waals surface area contributed by atoms with Crippen LogP contribution >= 0.6 is 11.3 Å². The van der Waals surface area contributed by atoms with Crippen molar-refractivity contribution in [3.63, 3.8) is 0 Å². The lowest BCUT2D eigenvalue weighted by Crippen LogP contribution is -2.31. The standard InChI is InChI=1S/C21H18N2O3S/c1-25-16-10-8-15(9-11-16)23(14-17-5-4-12-27-17)21(24)13-19-18-6-2-3-7-20(18)26-22-19/h2-12H,13-14H2,1H3. The first-order valence-corrected chi connectivity index (χ1v) is 9.42. The SMILES string of the molecule is COc1ccc(N(Cc2cccs2)C(=O)Cc2noc3ccccc23)cc1. The first-order valence-electron chi connectivity index (χ1n) is 8.54. The van der Waals surface area contributed by atoms with Crippen LogP contribution in [-0.4, -0.2) is 18.2 Å². The lowest BCUT2D eigenvalue weighted by Gasteiger charge is -2.22. The largest absolute Gasteiger partial charge is 0.497 e. The highest BCUT2D eigenvalue weighted by Gasteiger charge is 2.20. The first-order chi connectivity index (χ1) is 13.2. The molecular weight excluding hydrogens is 360 g/mol. The third-order valence-corrected chi connectivity index (χ3v) is 5.21. The maximum Gasteiger partial charge on any atom is 0.233 e. The second-order valence-corrected chi connectivity index (χ2v) is 7.09. The number of amides is 1. The van der Waals surface area contributed by atoms with E-state index in [-0.39, 0.29) is 12.3 Å². The Morgan fingerprint density at radius 1 is 1.11 bits per heavy atom. The number of hydrogen-bond acceptors (Lipinski definition) is 5. The van der Waals surface area contributed by atoms with Gasteiger partial charge in [-0.1, -0.05) is 23.4 Å². The molecule has 0 aliphatic carbocycles. The van der Waals surface area contributed by atoms with Gasteiger partial charge in [0, 0.05) is 16.0 Å². The van der Waals surface area contributed by atoms with Gasteiger partial charge in [-0.05, 0) is 47.8 Å². The summed E-state index contributed by atoms with van der Waals surface area (Å²) in [6.45, 7) is 0.513. The summed E-state index contributed by atoms with van der Waals surface area (Å²) in [4.78, 5) is 16.0. The smallest absolute Gasteiger partial charge is 0.233 e. The Labute approximate surface area is 160 Å². The fourth-order valence-corrected chi connectivity index (χ4v) is 3.64. The number of benzene rings is 2. The van der Waals surface area contributed by atoms with E-state index < -0.39 is 0 Å². The van der Waals surface area contributed by atoms with Crippen LogP contribution < -0.4 is 9.64 Å². The number of aromatic nitrogens is 1. The molecule has 4 rings (SSSR count). The number of rotatable bonds is 6. The van der Waals surface area contributed by atoms with Crippen molar-refractivity contribution in [3.8, 4) is 5.75 Å². The summed E-state index contributed by atoms with van der Waals surface area (Å²) >= 11 is 1.63. The van der Waals surface area contributed by atoms with Gasteiger partial charge in [0.15, 0.2) is 5.58 Å². The number of hydrogen-bond donors (Lipinski definition) is 0. The quantitative estimate of drug-likeness (QED) is 0.489. The van der Waals surface area contributed by atoms with E-state index in [4.69, 9.17) is 9.26 Å². The number of ether oxygens (including phenoxy) is 1. The van der Waals surface area contributed by atoms with E-state index in [0.29, 0.717) is 17.8 Å². The third-order valence-electron chi connectivity index (χ3n) is 4.35. The normalized spacial score (nSPS) is 10.9. The minimum Gasteiger partial charge on any atom is -0.497 e. The molecule has 0 aliphatic rings. The Morgan fingerprint density at radius 3 is 2.67 bits per heavy atom. The molecule has 0 atom stereocenters. The molecule has 2 aromatic carbocycles. The minimum atomic E-state index is -0.0346. The zero-order chi connectivity index (χ0) is 18.6. The van der Waals surface area contributed by atoms with Gasteiger partial charge in [0.05, 0.1) is 20.1 Å². The molecule has 1 amide bonds. The number of fused-ring (bicyclic) bond motifs is 1. The van der Waals surface area contributed by atoms with Crippen LogP contribution in [0.15, 0.2) is 70.6 Å². The summed E-state index contributed by atoms with van der Waals surface area (Å²) in [5.74, 6) is 0.720. The summed E-state index contributed by atoms with van der Waals surface area (Å²) in [5, 5.41) is 6.98. The van der Waals surface area contributed by atoms with Crippen LogP contribution in [0.2, 0.25) is 0 Å². The summed E-state index contributed by atoms with van der Waals surface area (Å²) in [6.07, 6.45) is 0.175. The van der Waals surface area contributed by atoms with Gasteiger partial charge < -0.3 is 14.2 Å². The van der Waals surface area contributed by atoms with Crippen LogP contribution in [0.1, 0.15) is 10.6 Å². The summed E-state index contributed by atoms with van der Waals surface area (Å²) in [6, 6.07) is 19.1. The van der Waals surface area contributed by atoms with Crippen molar-refractivity contribution >= 4 is 33.9 Å². The van der Waals surface area contributed by atoms with Gasteiger partial charge in [-0.2, -0.15) is 0 Å². The second kappa shape index (κ2) is 7.63. The zero-order valence-corrected chi connectivity index (χ0v) is 15.6. The van der Waals surface area contributed by atoms with Crippen molar-refractivity contribution in [3.05, 3.63) is 76.6 Å². The summed E-state index contributed by atoms with van der Waals surface area (Å²) < 4.78 is 10.6. The molecule has 2 heterocycles. The number of anilines is 1. The van der Waals surface area contributed by atoms with Gasteiger partial charge in [-0.25, -0.2) is 0 Å². The number of nitrogens with zero attached hydrogens (tertiary/aromatic N) is 2. The summed E-state index contributed by atoms with van der Waals surface area (Å²) in [5.41, 5.74) is 2.16. The van der Waals surface area contributed by atoms with Gasteiger partial charge in [0.2, 0.25) is 5.91 Å². The molecule has 0 bridgehead atoms. The van der Waals surface area contributed by atoms with Crippen LogP contribution in [0.4, 0.5) is 5.69 Å². The van der Waals surface area contributed by atoms with Crippen molar-refractivity contribution in [2.75, 3.05) is 12.0 Å². The Balaban J connectivity index is 1.63. The molecule has 0 saturated heterocycles. The third kappa shape index (κ3) is 3.71. The van der Waals surface area contributed by atoms with Gasteiger partial charge in [-0.15, -0.1) is 11.3 Å². The van der Waals surface area contributed by atoms with Crippen molar-refractivity contribution < 1.29 is 14.1 Å². The average molecular weight is 378 g/mol. The fraction of sp³-hybridized carbons (Fsp3) is 0.143. The Kier molecular flexibility index (Phi) is 4.89. The average Bonchev–Trinajstić information content (AvgIpc) is 3.36. The van der Waals surface area contributed by atoms with Crippen LogP contribution in [0.25, 0.3) is 11.0 Å². The highest BCUT2D eigenvalue weighted by molar-refractivity contribution is 7.09. The molecule has 0 radical (unpaired) electrons. The topological polar surface area (TPSA) is 55.6 Å². The number of thiophene rings is 1. The lowest BCUT2D eigenvalue weighted by molar-refractivity contribution is -0.118. The van der Waals surface area contributed by atoms with E-state index in [1.807, 2.05) is 66.0 Å². The van der Waals surface area contributed by atoms with Crippen LogP contribution in [0.3, 0.4) is 0 Å². The van der Waals surface area contributed by atoms with E-state index in [1.54, 1.807) is 23.3 Å². The number of methoxy groups -OCH3 is 1. The number of carbonyl (C=O) groups is 1. The monoisotopic (exact) mass is 378 g/mol. The van der Waals surface area contributed by atoms with E-state index in [1.165, 1.54) is 0 Å². The van der Waals surface area contributed by atoms with Gasteiger partial charge in [-0.3, -0.25) is 4.79 Å². The Morgan fingerprint density at radius 2 is 1.93 bits per heavy atom. The predicted molar refractivity (Wildman–Crippen MR) is 106 cm³/mol.